The molecule has 0 amide bonds. The predicted molar refractivity (Wildman–Crippen MR) is 151 cm³/mol. The molecule has 1 aromatic heterocycles. The van der Waals surface area contributed by atoms with Crippen molar-refractivity contribution in [2.45, 2.75) is 79.6 Å². The number of hydrogen-bond donors (Lipinski definition) is 0. The van der Waals surface area contributed by atoms with E-state index in [4.69, 9.17) is 38.8 Å². The van der Waals surface area contributed by atoms with E-state index in [0.29, 0.717) is 44.4 Å². The fraction of sp³-hybridized carbons (Fsp3) is 0.720. The van der Waals surface area contributed by atoms with E-state index < -0.39 is 17.6 Å². The molecule has 0 saturated heterocycles. The van der Waals surface area contributed by atoms with Gasteiger partial charge in [0, 0.05) is 39.6 Å². The average Bonchev–Trinajstić information content (AvgIpc) is 3.13. The van der Waals surface area contributed by atoms with Gasteiger partial charge in [-0.05, 0) is 78.7 Å². The van der Waals surface area contributed by atoms with E-state index in [1.807, 2.05) is 53.7 Å². The summed E-state index contributed by atoms with van der Waals surface area (Å²) in [4.78, 5) is 0. The zero-order chi connectivity index (χ0) is 26.8. The van der Waals surface area contributed by atoms with Crippen molar-refractivity contribution in [2.75, 3.05) is 39.6 Å². The number of aromatic nitrogens is 2. The van der Waals surface area contributed by atoms with E-state index in [2.05, 4.69) is 35.1 Å². The SMILES string of the molecule is CCO[Si](OCC)(OCC)C(CC)n1c(=S)n(C(CC)[Si](OCC)(OCC)OCC)c2ccccc21. The summed E-state index contributed by atoms with van der Waals surface area (Å²) in [5.74, 6) is 0. The zero-order valence-electron chi connectivity index (χ0n) is 23.4. The molecular weight excluding hydrogens is 513 g/mol. The number of para-hydroxylation sites is 2. The van der Waals surface area contributed by atoms with Crippen molar-refractivity contribution in [3.63, 3.8) is 0 Å². The van der Waals surface area contributed by atoms with Gasteiger partial charge < -0.3 is 35.7 Å². The maximum Gasteiger partial charge on any atom is 0.525 e. The van der Waals surface area contributed by atoms with Crippen LogP contribution in [0.3, 0.4) is 0 Å². The van der Waals surface area contributed by atoms with Gasteiger partial charge in [-0.15, -0.1) is 0 Å². The summed E-state index contributed by atoms with van der Waals surface area (Å²) in [5, 5.41) is 0. The molecule has 0 spiro atoms. The number of benzene rings is 1. The van der Waals surface area contributed by atoms with E-state index in [-0.39, 0.29) is 11.3 Å². The Morgan fingerprint density at radius 2 is 0.861 bits per heavy atom. The predicted octanol–water partition coefficient (Wildman–Crippen LogP) is 6.25. The lowest BCUT2D eigenvalue weighted by molar-refractivity contribution is 0.0515. The molecular formula is C25H46N2O6SSi2. The lowest BCUT2D eigenvalue weighted by Crippen LogP contribution is -2.54. The molecule has 36 heavy (non-hydrogen) atoms. The van der Waals surface area contributed by atoms with Gasteiger partial charge in [0.25, 0.3) is 0 Å². The van der Waals surface area contributed by atoms with E-state index in [9.17, 15) is 0 Å². The molecule has 0 aliphatic carbocycles. The monoisotopic (exact) mass is 558 g/mol. The van der Waals surface area contributed by atoms with Crippen LogP contribution in [0.25, 0.3) is 11.0 Å². The quantitative estimate of drug-likeness (QED) is 0.158. The van der Waals surface area contributed by atoms with Crippen LogP contribution in [0, 0.1) is 4.77 Å². The van der Waals surface area contributed by atoms with Gasteiger partial charge in [-0.2, -0.15) is 0 Å². The van der Waals surface area contributed by atoms with Crippen LogP contribution in [-0.2, 0) is 26.6 Å². The van der Waals surface area contributed by atoms with Gasteiger partial charge in [0.15, 0.2) is 4.77 Å². The second kappa shape index (κ2) is 14.9. The molecule has 0 bridgehead atoms. The molecule has 1 aromatic carbocycles. The largest absolute Gasteiger partial charge is 0.525 e. The molecule has 0 aliphatic heterocycles. The second-order valence-corrected chi connectivity index (χ2v) is 14.0. The molecule has 1 heterocycles. The summed E-state index contributed by atoms with van der Waals surface area (Å²) in [7, 11) is -6.27. The highest BCUT2D eigenvalue weighted by Crippen LogP contribution is 2.37. The second-order valence-electron chi connectivity index (χ2n) is 8.16. The lowest BCUT2D eigenvalue weighted by Gasteiger charge is -2.36. The summed E-state index contributed by atoms with van der Waals surface area (Å²) >= 11 is 6.26. The fourth-order valence-electron chi connectivity index (χ4n) is 5.01. The van der Waals surface area contributed by atoms with Gasteiger partial charge >= 0.3 is 17.6 Å². The van der Waals surface area contributed by atoms with Crippen molar-refractivity contribution in [1.29, 1.82) is 0 Å². The number of hydrogen-bond acceptors (Lipinski definition) is 7. The number of fused-ring (bicyclic) bond motifs is 1. The zero-order valence-corrected chi connectivity index (χ0v) is 26.2. The Balaban J connectivity index is 2.90. The molecule has 11 heteroatoms. The Bertz CT molecular complexity index is 877. The van der Waals surface area contributed by atoms with Gasteiger partial charge in [0.2, 0.25) is 0 Å². The van der Waals surface area contributed by atoms with Crippen LogP contribution in [-0.4, -0.2) is 66.4 Å². The molecule has 2 aromatic rings. The summed E-state index contributed by atoms with van der Waals surface area (Å²) < 4.78 is 43.2. The average molecular weight is 559 g/mol. The first-order chi connectivity index (χ1) is 17.4. The van der Waals surface area contributed by atoms with Crippen molar-refractivity contribution in [3.05, 3.63) is 29.0 Å². The van der Waals surface area contributed by atoms with Crippen LogP contribution in [0.5, 0.6) is 0 Å². The molecule has 2 unspecified atom stereocenters. The van der Waals surface area contributed by atoms with E-state index in [1.165, 1.54) is 0 Å². The van der Waals surface area contributed by atoms with Gasteiger partial charge in [-0.25, -0.2) is 0 Å². The first-order valence-corrected chi connectivity index (χ1v) is 17.5. The molecule has 0 radical (unpaired) electrons. The molecule has 206 valence electrons. The first kappa shape index (κ1) is 31.3. The third-order valence-electron chi connectivity index (χ3n) is 6.10. The molecule has 0 N–H and O–H groups in total. The Labute approximate surface area is 224 Å². The van der Waals surface area contributed by atoms with Gasteiger partial charge in [-0.1, -0.05) is 26.0 Å². The van der Waals surface area contributed by atoms with Gasteiger partial charge in [0.05, 0.1) is 11.0 Å². The first-order valence-electron chi connectivity index (χ1n) is 13.4. The molecule has 0 saturated carbocycles. The van der Waals surface area contributed by atoms with E-state index in [1.54, 1.807) is 0 Å². The minimum absolute atomic E-state index is 0.184. The van der Waals surface area contributed by atoms with Crippen LogP contribution in [0.2, 0.25) is 0 Å². The van der Waals surface area contributed by atoms with Crippen LogP contribution in [0.4, 0.5) is 0 Å². The Hall–Kier alpha value is -0.896. The molecule has 2 atom stereocenters. The van der Waals surface area contributed by atoms with Crippen LogP contribution in [0.15, 0.2) is 24.3 Å². The summed E-state index contributed by atoms with van der Waals surface area (Å²) in [5.41, 5.74) is 1.65. The fourth-order valence-corrected chi connectivity index (χ4v) is 11.9. The highest BCUT2D eigenvalue weighted by Gasteiger charge is 2.53. The molecule has 0 aliphatic rings. The number of rotatable bonds is 18. The topological polar surface area (TPSA) is 65.2 Å². The van der Waals surface area contributed by atoms with Crippen LogP contribution in [0.1, 0.15) is 79.6 Å². The molecule has 0 fully saturated rings. The Kier molecular flexibility index (Phi) is 13.0. The summed E-state index contributed by atoms with van der Waals surface area (Å²) in [6, 6.07) is 8.28. The standard InChI is InChI=1S/C25H46N2O6SSi2/c1-9-23(35(28-11-3,29-12-4)30-13-5)26-21-19-17-18-20-22(21)27(25(26)34)24(10-2)36(31-14-6,32-15-7)33-16-8/h17-20,23-24H,9-16H2,1-8H3. The minimum atomic E-state index is -3.14. The summed E-state index contributed by atoms with van der Waals surface area (Å²) in [6.45, 7) is 19.2. The van der Waals surface area contributed by atoms with Crippen molar-refractivity contribution in [2.24, 2.45) is 0 Å². The normalized spacial score (nSPS) is 14.4. The minimum Gasteiger partial charge on any atom is -0.373 e. The van der Waals surface area contributed by atoms with E-state index >= 15 is 0 Å². The van der Waals surface area contributed by atoms with Crippen molar-refractivity contribution >= 4 is 40.9 Å². The molecule has 8 nitrogen and oxygen atoms in total. The maximum absolute atomic E-state index is 6.35. The molecule has 2 rings (SSSR count). The Morgan fingerprint density at radius 3 is 1.08 bits per heavy atom. The van der Waals surface area contributed by atoms with Crippen molar-refractivity contribution in [3.8, 4) is 0 Å². The van der Waals surface area contributed by atoms with Crippen molar-refractivity contribution in [1.82, 2.24) is 9.13 Å². The number of nitrogens with zero attached hydrogens (tertiary/aromatic N) is 2. The lowest BCUT2D eigenvalue weighted by atomic mass is 10.3. The highest BCUT2D eigenvalue weighted by atomic mass is 32.1. The maximum atomic E-state index is 6.35. The van der Waals surface area contributed by atoms with Gasteiger partial charge in [-0.3, -0.25) is 0 Å². The third-order valence-corrected chi connectivity index (χ3v) is 13.6. The van der Waals surface area contributed by atoms with Gasteiger partial charge in [0.1, 0.15) is 11.3 Å². The van der Waals surface area contributed by atoms with Crippen molar-refractivity contribution < 1.29 is 26.6 Å². The summed E-state index contributed by atoms with van der Waals surface area (Å²) in [6.07, 6.45) is 1.49. The smallest absolute Gasteiger partial charge is 0.373 e. The highest BCUT2D eigenvalue weighted by molar-refractivity contribution is 7.71. The van der Waals surface area contributed by atoms with Crippen LogP contribution < -0.4 is 0 Å². The van der Waals surface area contributed by atoms with Crippen LogP contribution >= 0.6 is 12.2 Å². The third kappa shape index (κ3) is 6.21. The van der Waals surface area contributed by atoms with E-state index in [0.717, 1.165) is 23.9 Å². The number of imidazole rings is 1. The Morgan fingerprint density at radius 1 is 0.583 bits per heavy atom.